The van der Waals surface area contributed by atoms with E-state index >= 15 is 0 Å². The molecule has 0 aromatic heterocycles. The van der Waals surface area contributed by atoms with E-state index in [0.717, 1.165) is 5.76 Å². The number of carbonyl (C=O) groups is 1. The molecule has 6 heteroatoms. The first-order chi connectivity index (χ1) is 8.93. The molecular weight excluding hydrogens is 288 g/mol. The molecule has 20 heavy (non-hydrogen) atoms. The summed E-state index contributed by atoms with van der Waals surface area (Å²) in [5, 5.41) is 8.83. The molecule has 4 nitrogen and oxygen atoms in total. The molecule has 116 valence electrons. The van der Waals surface area contributed by atoms with Crippen LogP contribution in [-0.2, 0) is 13.6 Å². The van der Waals surface area contributed by atoms with Crippen molar-refractivity contribution in [3.05, 3.63) is 23.7 Å². The van der Waals surface area contributed by atoms with Gasteiger partial charge in [-0.3, -0.25) is 4.79 Å². The van der Waals surface area contributed by atoms with Gasteiger partial charge in [-0.2, -0.15) is 0 Å². The molecule has 0 aromatic carbocycles. The van der Waals surface area contributed by atoms with E-state index in [4.69, 9.17) is 14.0 Å². The van der Waals surface area contributed by atoms with E-state index in [1.54, 1.807) is 0 Å². The number of carboxylic acid groups (broad SMARTS) is 1. The molecule has 0 bridgehead atoms. The summed E-state index contributed by atoms with van der Waals surface area (Å²) in [5.41, 5.74) is 0. The van der Waals surface area contributed by atoms with Gasteiger partial charge in [0.1, 0.15) is 5.76 Å². The largest absolute Gasteiger partial charge is 0.547 e. The third-order valence-corrected chi connectivity index (χ3v) is 3.76. The maximum Gasteiger partial charge on any atom is 0.303 e. The number of allylic oxidation sites excluding steroid dienone is 3. The molecule has 0 aliphatic heterocycles. The molecule has 0 radical (unpaired) electrons. The third-order valence-electron chi connectivity index (χ3n) is 2.03. The van der Waals surface area contributed by atoms with Crippen LogP contribution in [0, 0.1) is 0 Å². The zero-order valence-electron chi connectivity index (χ0n) is 13.7. The summed E-state index contributed by atoms with van der Waals surface area (Å²) in [4.78, 5) is 10.7. The molecule has 0 fully saturated rings. The quantitative estimate of drug-likeness (QED) is 0.411. The second-order valence-corrected chi connectivity index (χ2v) is 15.5. The Morgan fingerprint density at radius 1 is 1.00 bits per heavy atom. The zero-order chi connectivity index (χ0) is 16.0. The van der Waals surface area contributed by atoms with E-state index in [2.05, 4.69) is 39.3 Å². The van der Waals surface area contributed by atoms with Gasteiger partial charge in [-0.15, -0.1) is 0 Å². The first-order valence-electron chi connectivity index (χ1n) is 6.89. The van der Waals surface area contributed by atoms with Gasteiger partial charge < -0.3 is 14.0 Å². The first kappa shape index (κ1) is 19.0. The third kappa shape index (κ3) is 10.9. The summed E-state index contributed by atoms with van der Waals surface area (Å²) < 4.78 is 11.9. The van der Waals surface area contributed by atoms with Crippen LogP contribution in [0.1, 0.15) is 19.8 Å². The predicted octanol–water partition coefficient (Wildman–Crippen LogP) is 4.34. The van der Waals surface area contributed by atoms with E-state index in [9.17, 15) is 4.79 Å². The molecule has 0 amide bonds. The van der Waals surface area contributed by atoms with Crippen LogP contribution in [0.15, 0.2) is 23.7 Å². The maximum absolute atomic E-state index is 10.7. The van der Waals surface area contributed by atoms with Crippen molar-refractivity contribution in [3.8, 4) is 0 Å². The average Bonchev–Trinajstić information content (AvgIpc) is 2.20. The molecule has 1 N–H and O–H groups in total. The molecule has 0 saturated carbocycles. The molecule has 0 atom stereocenters. The molecule has 0 aliphatic rings. The fourth-order valence-corrected chi connectivity index (χ4v) is 3.29. The number of rotatable bonds is 8. The lowest BCUT2D eigenvalue weighted by molar-refractivity contribution is -0.137. The molecule has 0 heterocycles. The fourth-order valence-electron chi connectivity index (χ4n) is 1.46. The van der Waals surface area contributed by atoms with Crippen LogP contribution in [0.2, 0.25) is 39.3 Å². The Labute approximate surface area is 124 Å². The lowest BCUT2D eigenvalue weighted by Crippen LogP contribution is -2.26. The Bertz CT molecular complexity index is 387. The Balaban J connectivity index is 5.06. The van der Waals surface area contributed by atoms with Crippen molar-refractivity contribution in [2.75, 3.05) is 0 Å². The Morgan fingerprint density at radius 2 is 1.50 bits per heavy atom. The standard InChI is InChI=1S/C14H28O4Si2/c1-8-12(17-19(2,3)4)11-13(9-10-14(15)16)18-20(5,6)7/h8,11H,9-10H2,1-7H3,(H,15,16)/b12-8+,13-11+. The minimum Gasteiger partial charge on any atom is -0.547 e. The molecule has 0 unspecified atom stereocenters. The molecule has 0 aliphatic carbocycles. The molecule has 0 aromatic rings. The molecule has 0 spiro atoms. The smallest absolute Gasteiger partial charge is 0.303 e. The van der Waals surface area contributed by atoms with Crippen molar-refractivity contribution < 1.29 is 18.8 Å². The normalized spacial score (nSPS) is 14.2. The van der Waals surface area contributed by atoms with Gasteiger partial charge >= 0.3 is 5.97 Å². The van der Waals surface area contributed by atoms with Crippen molar-refractivity contribution in [2.45, 2.75) is 59.0 Å². The summed E-state index contributed by atoms with van der Waals surface area (Å²) >= 11 is 0. The minimum atomic E-state index is -1.76. The number of carboxylic acids is 1. The van der Waals surface area contributed by atoms with Gasteiger partial charge in [-0.1, -0.05) is 0 Å². The maximum atomic E-state index is 10.7. The van der Waals surface area contributed by atoms with Crippen LogP contribution >= 0.6 is 0 Å². The topological polar surface area (TPSA) is 55.8 Å². The van der Waals surface area contributed by atoms with Gasteiger partial charge in [0.2, 0.25) is 16.6 Å². The number of hydrogen-bond acceptors (Lipinski definition) is 3. The van der Waals surface area contributed by atoms with Crippen molar-refractivity contribution in [1.29, 1.82) is 0 Å². The first-order valence-corrected chi connectivity index (χ1v) is 13.7. The summed E-state index contributed by atoms with van der Waals surface area (Å²) in [7, 11) is -3.45. The SMILES string of the molecule is C/C=C(\C=C(/CCC(=O)O)O[Si](C)(C)C)O[Si](C)(C)C. The second-order valence-electron chi connectivity index (χ2n) is 6.62. The molecule has 0 saturated heterocycles. The van der Waals surface area contributed by atoms with Gasteiger partial charge in [0.15, 0.2) is 0 Å². The van der Waals surface area contributed by atoms with Gasteiger partial charge in [0, 0.05) is 12.5 Å². The number of hydrogen-bond donors (Lipinski definition) is 1. The predicted molar refractivity (Wildman–Crippen MR) is 87.6 cm³/mol. The molecular formula is C14H28O4Si2. The van der Waals surface area contributed by atoms with E-state index < -0.39 is 22.6 Å². The Kier molecular flexibility index (Phi) is 7.29. The Hall–Kier alpha value is -1.02. The average molecular weight is 317 g/mol. The Morgan fingerprint density at radius 3 is 1.85 bits per heavy atom. The van der Waals surface area contributed by atoms with Gasteiger partial charge in [0.05, 0.1) is 12.2 Å². The van der Waals surface area contributed by atoms with Gasteiger partial charge in [0.25, 0.3) is 0 Å². The van der Waals surface area contributed by atoms with Crippen LogP contribution in [0.5, 0.6) is 0 Å². The summed E-state index contributed by atoms with van der Waals surface area (Å²) in [6, 6.07) is 0. The van der Waals surface area contributed by atoms with E-state index in [0.29, 0.717) is 12.2 Å². The van der Waals surface area contributed by atoms with E-state index in [1.165, 1.54) is 0 Å². The van der Waals surface area contributed by atoms with Crippen molar-refractivity contribution in [2.24, 2.45) is 0 Å². The minimum absolute atomic E-state index is 0.0697. The molecule has 0 rings (SSSR count). The van der Waals surface area contributed by atoms with Crippen LogP contribution in [0.4, 0.5) is 0 Å². The second kappa shape index (κ2) is 7.68. The highest BCUT2D eigenvalue weighted by Crippen LogP contribution is 2.20. The summed E-state index contributed by atoms with van der Waals surface area (Å²) in [6.07, 6.45) is 4.21. The van der Waals surface area contributed by atoms with Gasteiger partial charge in [-0.05, 0) is 52.3 Å². The number of aliphatic carboxylic acids is 1. The van der Waals surface area contributed by atoms with Crippen LogP contribution in [0.25, 0.3) is 0 Å². The van der Waals surface area contributed by atoms with Crippen molar-refractivity contribution >= 4 is 22.6 Å². The van der Waals surface area contributed by atoms with Crippen LogP contribution in [0.3, 0.4) is 0 Å². The highest BCUT2D eigenvalue weighted by molar-refractivity contribution is 6.70. The monoisotopic (exact) mass is 316 g/mol. The van der Waals surface area contributed by atoms with Crippen LogP contribution in [-0.4, -0.2) is 27.7 Å². The summed E-state index contributed by atoms with van der Waals surface area (Å²) in [5.74, 6) is 0.656. The lowest BCUT2D eigenvalue weighted by atomic mass is 10.2. The zero-order valence-corrected chi connectivity index (χ0v) is 15.7. The fraction of sp³-hybridized carbons (Fsp3) is 0.643. The lowest BCUT2D eigenvalue weighted by Gasteiger charge is -2.24. The van der Waals surface area contributed by atoms with E-state index in [-0.39, 0.29) is 6.42 Å². The van der Waals surface area contributed by atoms with Crippen molar-refractivity contribution in [1.82, 2.24) is 0 Å². The highest BCUT2D eigenvalue weighted by atomic mass is 28.4. The van der Waals surface area contributed by atoms with Crippen molar-refractivity contribution in [3.63, 3.8) is 0 Å². The van der Waals surface area contributed by atoms with Crippen LogP contribution < -0.4 is 0 Å². The summed E-state index contributed by atoms with van der Waals surface area (Å²) in [6.45, 7) is 14.5. The van der Waals surface area contributed by atoms with Gasteiger partial charge in [-0.25, -0.2) is 0 Å². The highest BCUT2D eigenvalue weighted by Gasteiger charge is 2.20. The van der Waals surface area contributed by atoms with E-state index in [1.807, 2.05) is 19.1 Å².